The van der Waals surface area contributed by atoms with Crippen LogP contribution in [-0.4, -0.2) is 59.7 Å². The minimum absolute atomic E-state index is 0.153. The Labute approximate surface area is 149 Å². The molecule has 1 aromatic carbocycles. The first-order chi connectivity index (χ1) is 11.6. The van der Waals surface area contributed by atoms with Gasteiger partial charge in [0.25, 0.3) is 0 Å². The Morgan fingerprint density at radius 3 is 2.56 bits per heavy atom. The second-order valence-corrected chi connectivity index (χ2v) is 6.95. The highest BCUT2D eigenvalue weighted by molar-refractivity contribution is 5.68. The molecule has 0 aromatic heterocycles. The van der Waals surface area contributed by atoms with Crippen LogP contribution >= 0.6 is 0 Å². The van der Waals surface area contributed by atoms with E-state index in [4.69, 9.17) is 9.47 Å². The Bertz CT molecular complexity index is 555. The second kappa shape index (κ2) is 9.48. The van der Waals surface area contributed by atoms with Crippen LogP contribution in [0.2, 0.25) is 0 Å². The number of rotatable bonds is 8. The van der Waals surface area contributed by atoms with Gasteiger partial charge >= 0.3 is 6.09 Å². The van der Waals surface area contributed by atoms with Crippen LogP contribution < -0.4 is 10.1 Å². The lowest BCUT2D eigenvalue weighted by Gasteiger charge is -2.28. The molecule has 1 rings (SSSR count). The number of benzene rings is 1. The summed E-state index contributed by atoms with van der Waals surface area (Å²) in [6.07, 6.45) is -1.10. The summed E-state index contributed by atoms with van der Waals surface area (Å²) in [5.41, 5.74) is 0.149. The minimum Gasteiger partial charge on any atom is -0.507 e. The Kier molecular flexibility index (Phi) is 7.99. The molecule has 0 aliphatic heterocycles. The summed E-state index contributed by atoms with van der Waals surface area (Å²) in [5, 5.41) is 22.7. The van der Waals surface area contributed by atoms with E-state index >= 15 is 0 Å². The van der Waals surface area contributed by atoms with Crippen molar-refractivity contribution < 1.29 is 24.5 Å². The lowest BCUT2D eigenvalue weighted by Crippen LogP contribution is -2.43. The maximum absolute atomic E-state index is 12.2. The largest absolute Gasteiger partial charge is 0.507 e. The third-order valence-electron chi connectivity index (χ3n) is 3.30. The number of phenols is 1. The maximum atomic E-state index is 12.2. The van der Waals surface area contributed by atoms with Gasteiger partial charge in [0.2, 0.25) is 0 Å². The smallest absolute Gasteiger partial charge is 0.410 e. The zero-order valence-electron chi connectivity index (χ0n) is 15.7. The molecule has 0 fully saturated rings. The maximum Gasteiger partial charge on any atom is 0.410 e. The van der Waals surface area contributed by atoms with Crippen molar-refractivity contribution in [2.24, 2.45) is 0 Å². The average Bonchev–Trinajstić information content (AvgIpc) is 2.49. The predicted octanol–water partition coefficient (Wildman–Crippen LogP) is 2.11. The van der Waals surface area contributed by atoms with E-state index in [1.54, 1.807) is 53.0 Å². The first-order valence-electron chi connectivity index (χ1n) is 8.35. The number of methoxy groups -OCH3 is 1. The number of phenolic OH excluding ortho intramolecular Hbond substituents is 1. The topological polar surface area (TPSA) is 91.3 Å². The van der Waals surface area contributed by atoms with E-state index in [9.17, 15) is 15.0 Å². The number of hydrogen-bond donors (Lipinski definition) is 3. The molecule has 0 aliphatic carbocycles. The number of amides is 1. The van der Waals surface area contributed by atoms with Gasteiger partial charge in [-0.1, -0.05) is 6.07 Å². The number of hydrogen-bond acceptors (Lipinski definition) is 6. The van der Waals surface area contributed by atoms with E-state index in [0.717, 1.165) is 5.56 Å². The molecule has 0 saturated heterocycles. The molecular weight excluding hydrogens is 324 g/mol. The van der Waals surface area contributed by atoms with Gasteiger partial charge in [-0.25, -0.2) is 4.79 Å². The fourth-order valence-corrected chi connectivity index (χ4v) is 2.16. The van der Waals surface area contributed by atoms with Crippen LogP contribution in [0.15, 0.2) is 18.2 Å². The number of carbonyl (C=O) groups is 1. The van der Waals surface area contributed by atoms with E-state index in [2.05, 4.69) is 5.32 Å². The van der Waals surface area contributed by atoms with Crippen LogP contribution in [0.5, 0.6) is 11.5 Å². The van der Waals surface area contributed by atoms with Gasteiger partial charge in [0.15, 0.2) is 0 Å². The van der Waals surface area contributed by atoms with Crippen LogP contribution in [-0.2, 0) is 11.3 Å². The summed E-state index contributed by atoms with van der Waals surface area (Å²) in [6.45, 7) is 8.56. The van der Waals surface area contributed by atoms with Crippen molar-refractivity contribution in [3.8, 4) is 11.5 Å². The number of nitrogens with zero attached hydrogens (tertiary/aromatic N) is 1. The van der Waals surface area contributed by atoms with Crippen molar-refractivity contribution in [3.63, 3.8) is 0 Å². The monoisotopic (exact) mass is 354 g/mol. The van der Waals surface area contributed by atoms with Crippen molar-refractivity contribution in [1.82, 2.24) is 10.2 Å². The lowest BCUT2D eigenvalue weighted by molar-refractivity contribution is 0.0164. The molecule has 0 heterocycles. The molecule has 0 radical (unpaired) electrons. The van der Waals surface area contributed by atoms with Gasteiger partial charge in [-0.2, -0.15) is 0 Å². The summed E-state index contributed by atoms with van der Waals surface area (Å²) >= 11 is 0. The molecule has 7 heteroatoms. The molecule has 1 unspecified atom stereocenters. The van der Waals surface area contributed by atoms with Gasteiger partial charge in [-0.15, -0.1) is 0 Å². The molecule has 0 bridgehead atoms. The molecule has 1 atom stereocenters. The zero-order chi connectivity index (χ0) is 19.0. The van der Waals surface area contributed by atoms with E-state index in [-0.39, 0.29) is 12.3 Å². The molecule has 3 N–H and O–H groups in total. The predicted molar refractivity (Wildman–Crippen MR) is 95.9 cm³/mol. The van der Waals surface area contributed by atoms with Crippen LogP contribution in [0.25, 0.3) is 0 Å². The van der Waals surface area contributed by atoms with Gasteiger partial charge in [0, 0.05) is 37.8 Å². The van der Waals surface area contributed by atoms with E-state index in [0.29, 0.717) is 25.4 Å². The molecule has 7 nitrogen and oxygen atoms in total. The molecular formula is C18H30N2O5. The van der Waals surface area contributed by atoms with E-state index in [1.165, 1.54) is 4.90 Å². The number of ether oxygens (including phenoxy) is 2. The third kappa shape index (κ3) is 8.09. The fourth-order valence-electron chi connectivity index (χ4n) is 2.16. The first-order valence-corrected chi connectivity index (χ1v) is 8.35. The number of aromatic hydroxyl groups is 1. The molecule has 1 aromatic rings. The van der Waals surface area contributed by atoms with Crippen LogP contribution in [0, 0.1) is 0 Å². The quantitative estimate of drug-likeness (QED) is 0.620. The summed E-state index contributed by atoms with van der Waals surface area (Å²) < 4.78 is 10.4. The van der Waals surface area contributed by atoms with Crippen molar-refractivity contribution in [1.29, 1.82) is 0 Å². The van der Waals surface area contributed by atoms with E-state index in [1.807, 2.05) is 0 Å². The highest BCUT2D eigenvalue weighted by atomic mass is 16.6. The fraction of sp³-hybridized carbons (Fsp3) is 0.611. The van der Waals surface area contributed by atoms with Crippen LogP contribution in [0.1, 0.15) is 33.3 Å². The van der Waals surface area contributed by atoms with Gasteiger partial charge in [-0.3, -0.25) is 0 Å². The number of aliphatic hydroxyl groups excluding tert-OH is 1. The zero-order valence-corrected chi connectivity index (χ0v) is 15.7. The third-order valence-corrected chi connectivity index (χ3v) is 3.30. The van der Waals surface area contributed by atoms with E-state index < -0.39 is 17.8 Å². The van der Waals surface area contributed by atoms with Crippen molar-refractivity contribution in [2.45, 2.75) is 45.9 Å². The Morgan fingerprint density at radius 1 is 1.36 bits per heavy atom. The second-order valence-electron chi connectivity index (χ2n) is 6.95. The number of aliphatic hydroxyl groups is 1. The van der Waals surface area contributed by atoms with Crippen LogP contribution in [0.3, 0.4) is 0 Å². The van der Waals surface area contributed by atoms with Gasteiger partial charge < -0.3 is 29.9 Å². The molecule has 25 heavy (non-hydrogen) atoms. The summed E-state index contributed by atoms with van der Waals surface area (Å²) in [5.74, 6) is 0.745. The Hall–Kier alpha value is -1.99. The minimum atomic E-state index is -0.641. The Morgan fingerprint density at radius 2 is 2.04 bits per heavy atom. The summed E-state index contributed by atoms with van der Waals surface area (Å²) in [7, 11) is 1.54. The average molecular weight is 354 g/mol. The molecule has 0 aliphatic rings. The van der Waals surface area contributed by atoms with Crippen molar-refractivity contribution in [2.75, 3.05) is 26.7 Å². The number of nitrogens with one attached hydrogen (secondary N) is 1. The molecule has 142 valence electrons. The molecule has 0 spiro atoms. The first kappa shape index (κ1) is 21.1. The normalized spacial score (nSPS) is 12.6. The standard InChI is InChI=1S/C18H30N2O5/c1-13(21)12-20(17(23)25-18(2,3)4)9-8-19-11-14-6-7-15(24-5)10-16(14)22/h6-7,10,13,19,21-22H,8-9,11-12H2,1-5H3. The highest BCUT2D eigenvalue weighted by Crippen LogP contribution is 2.23. The highest BCUT2D eigenvalue weighted by Gasteiger charge is 2.22. The van der Waals surface area contributed by atoms with Gasteiger partial charge in [0.05, 0.1) is 13.2 Å². The van der Waals surface area contributed by atoms with Crippen LogP contribution in [0.4, 0.5) is 4.79 Å². The molecule has 0 saturated carbocycles. The lowest BCUT2D eigenvalue weighted by atomic mass is 10.2. The van der Waals surface area contributed by atoms with Crippen molar-refractivity contribution >= 4 is 6.09 Å². The summed E-state index contributed by atoms with van der Waals surface area (Å²) in [6, 6.07) is 5.11. The Balaban J connectivity index is 2.52. The summed E-state index contributed by atoms with van der Waals surface area (Å²) in [4.78, 5) is 13.7. The SMILES string of the molecule is COc1ccc(CNCCN(CC(C)O)C(=O)OC(C)(C)C)c(O)c1. The molecule has 1 amide bonds. The van der Waals surface area contributed by atoms with Gasteiger partial charge in [0.1, 0.15) is 17.1 Å². The van der Waals surface area contributed by atoms with Gasteiger partial charge in [-0.05, 0) is 33.8 Å². The van der Waals surface area contributed by atoms with Crippen molar-refractivity contribution in [3.05, 3.63) is 23.8 Å². The number of carbonyl (C=O) groups excluding carboxylic acids is 1.